The lowest BCUT2D eigenvalue weighted by molar-refractivity contribution is -0.130. The summed E-state index contributed by atoms with van der Waals surface area (Å²) in [5.41, 5.74) is 2.30. The Kier molecular flexibility index (Phi) is 6.34. The van der Waals surface area contributed by atoms with Crippen LogP contribution in [0.3, 0.4) is 0 Å². The molecule has 1 aromatic heterocycles. The number of hydrogen-bond acceptors (Lipinski definition) is 5. The molecule has 0 radical (unpaired) electrons. The summed E-state index contributed by atoms with van der Waals surface area (Å²) in [4.78, 5) is 17.1. The first-order valence-electron chi connectivity index (χ1n) is 8.40. The van der Waals surface area contributed by atoms with Crippen molar-refractivity contribution in [3.63, 3.8) is 0 Å². The van der Waals surface area contributed by atoms with Gasteiger partial charge in [-0.2, -0.15) is 0 Å². The predicted octanol–water partition coefficient (Wildman–Crippen LogP) is 5.42. The van der Waals surface area contributed by atoms with Gasteiger partial charge in [0.1, 0.15) is 17.2 Å². The van der Waals surface area contributed by atoms with Crippen LogP contribution in [-0.2, 0) is 16.1 Å². The van der Waals surface area contributed by atoms with E-state index < -0.39 is 5.97 Å². The van der Waals surface area contributed by atoms with E-state index in [0.29, 0.717) is 16.5 Å². The van der Waals surface area contributed by atoms with E-state index in [9.17, 15) is 9.90 Å². The maximum Gasteiger partial charge on any atom is 0.339 e. The normalized spacial score (nSPS) is 11.3. The van der Waals surface area contributed by atoms with Gasteiger partial charge in [0.15, 0.2) is 0 Å². The van der Waals surface area contributed by atoms with Gasteiger partial charge in [0.05, 0.1) is 18.2 Å². The fourth-order valence-electron chi connectivity index (χ4n) is 2.63. The maximum absolute atomic E-state index is 11.5. The van der Waals surface area contributed by atoms with Crippen LogP contribution in [0.5, 0.6) is 5.88 Å². The van der Waals surface area contributed by atoms with Crippen LogP contribution in [0.15, 0.2) is 54.8 Å². The molecule has 0 saturated heterocycles. The van der Waals surface area contributed by atoms with E-state index in [-0.39, 0.29) is 12.2 Å². The largest absolute Gasteiger partial charge is 0.503 e. The van der Waals surface area contributed by atoms with E-state index in [0.717, 1.165) is 21.0 Å². The summed E-state index contributed by atoms with van der Waals surface area (Å²) in [7, 11) is 1.42. The van der Waals surface area contributed by atoms with E-state index in [4.69, 9.17) is 21.1 Å². The number of halogens is 1. The van der Waals surface area contributed by atoms with Gasteiger partial charge in [-0.1, -0.05) is 48.0 Å². The summed E-state index contributed by atoms with van der Waals surface area (Å²) in [5, 5.41) is 11.0. The molecule has 0 saturated carbocycles. The van der Waals surface area contributed by atoms with Gasteiger partial charge in [0.2, 0.25) is 5.88 Å². The van der Waals surface area contributed by atoms with Gasteiger partial charge in [0, 0.05) is 10.6 Å². The van der Waals surface area contributed by atoms with E-state index in [1.54, 1.807) is 12.1 Å². The zero-order valence-electron chi connectivity index (χ0n) is 15.3. The Morgan fingerprint density at radius 2 is 1.93 bits per heavy atom. The molecule has 0 aliphatic carbocycles. The molecule has 1 N–H and O–H groups in total. The third kappa shape index (κ3) is 4.52. The first kappa shape index (κ1) is 19.9. The fourth-order valence-corrected chi connectivity index (χ4v) is 3.62. The highest BCUT2D eigenvalue weighted by Gasteiger charge is 2.16. The van der Waals surface area contributed by atoms with E-state index in [2.05, 4.69) is 4.98 Å². The number of carboxylic acids is 1. The molecule has 0 aliphatic heterocycles. The highest BCUT2D eigenvalue weighted by molar-refractivity contribution is 7.15. The molecule has 0 amide bonds. The van der Waals surface area contributed by atoms with Gasteiger partial charge in [-0.05, 0) is 30.2 Å². The van der Waals surface area contributed by atoms with Crippen LogP contribution in [0.1, 0.15) is 16.0 Å². The maximum atomic E-state index is 11.5. The van der Waals surface area contributed by atoms with E-state index in [1.165, 1.54) is 24.7 Å². The van der Waals surface area contributed by atoms with Gasteiger partial charge in [-0.3, -0.25) is 0 Å². The van der Waals surface area contributed by atoms with Crippen molar-refractivity contribution in [1.29, 1.82) is 0 Å². The standard InChI is InChI=1S/C21H18ClNO4S/c1-13-19(23-20(28-13)14-7-9-16(22)10-8-14)27-11-15-5-3-4-6-17(15)18(12-26-2)21(24)25/h3-10,12H,11H2,1-2H3,(H,24,25). The minimum atomic E-state index is -1.07. The third-order valence-corrected chi connectivity index (χ3v) is 5.24. The smallest absolute Gasteiger partial charge is 0.339 e. The summed E-state index contributed by atoms with van der Waals surface area (Å²) in [6.07, 6.45) is 1.22. The van der Waals surface area contributed by atoms with Crippen molar-refractivity contribution in [2.75, 3.05) is 7.11 Å². The molecule has 0 atom stereocenters. The molecule has 3 rings (SSSR count). The Bertz CT molecular complexity index is 1010. The number of aliphatic carboxylic acids is 1. The van der Waals surface area contributed by atoms with Crippen LogP contribution < -0.4 is 4.74 Å². The number of hydrogen-bond donors (Lipinski definition) is 1. The second-order valence-electron chi connectivity index (χ2n) is 5.91. The molecule has 0 unspecified atom stereocenters. The molecule has 7 heteroatoms. The number of methoxy groups -OCH3 is 1. The van der Waals surface area contributed by atoms with Crippen LogP contribution >= 0.6 is 22.9 Å². The molecule has 0 aliphatic rings. The number of aromatic nitrogens is 1. The number of thiazole rings is 1. The lowest BCUT2D eigenvalue weighted by Crippen LogP contribution is -2.06. The molecule has 3 aromatic rings. The topological polar surface area (TPSA) is 68.7 Å². The van der Waals surface area contributed by atoms with Gasteiger partial charge in [-0.25, -0.2) is 9.78 Å². The van der Waals surface area contributed by atoms with Gasteiger partial charge in [-0.15, -0.1) is 11.3 Å². The highest BCUT2D eigenvalue weighted by Crippen LogP contribution is 2.33. The molecule has 2 aromatic carbocycles. The molecular formula is C21H18ClNO4S. The van der Waals surface area contributed by atoms with Crippen molar-refractivity contribution in [1.82, 2.24) is 4.98 Å². The molecule has 5 nitrogen and oxygen atoms in total. The van der Waals surface area contributed by atoms with Crippen LogP contribution in [0, 0.1) is 6.92 Å². The Morgan fingerprint density at radius 3 is 2.61 bits per heavy atom. The molecule has 28 heavy (non-hydrogen) atoms. The van der Waals surface area contributed by atoms with Crippen molar-refractivity contribution in [3.05, 3.63) is 75.8 Å². The van der Waals surface area contributed by atoms with E-state index >= 15 is 0 Å². The first-order valence-corrected chi connectivity index (χ1v) is 9.59. The Morgan fingerprint density at radius 1 is 1.21 bits per heavy atom. The summed E-state index contributed by atoms with van der Waals surface area (Å²) >= 11 is 7.47. The lowest BCUT2D eigenvalue weighted by atomic mass is 10.0. The minimum Gasteiger partial charge on any atom is -0.503 e. The average Bonchev–Trinajstić information content (AvgIpc) is 3.06. The van der Waals surface area contributed by atoms with Crippen LogP contribution in [0.4, 0.5) is 0 Å². The Labute approximate surface area is 171 Å². The number of carbonyl (C=O) groups is 1. The monoisotopic (exact) mass is 415 g/mol. The van der Waals surface area contributed by atoms with Gasteiger partial charge >= 0.3 is 5.97 Å². The zero-order valence-corrected chi connectivity index (χ0v) is 16.9. The highest BCUT2D eigenvalue weighted by atomic mass is 35.5. The molecule has 0 fully saturated rings. The van der Waals surface area contributed by atoms with Crippen LogP contribution in [0.2, 0.25) is 5.02 Å². The average molecular weight is 416 g/mol. The first-order chi connectivity index (χ1) is 13.5. The Balaban J connectivity index is 1.83. The molecular weight excluding hydrogens is 398 g/mol. The van der Waals surface area contributed by atoms with Crippen molar-refractivity contribution >= 4 is 34.5 Å². The van der Waals surface area contributed by atoms with E-state index in [1.807, 2.05) is 43.3 Å². The molecule has 1 heterocycles. The summed E-state index contributed by atoms with van der Waals surface area (Å²) in [6, 6.07) is 14.6. The quantitative estimate of drug-likeness (QED) is 0.412. The summed E-state index contributed by atoms with van der Waals surface area (Å²) in [6.45, 7) is 2.13. The minimum absolute atomic E-state index is 0.0681. The second kappa shape index (κ2) is 8.91. The van der Waals surface area contributed by atoms with Crippen molar-refractivity contribution in [2.45, 2.75) is 13.5 Å². The Hall–Kier alpha value is -2.83. The molecule has 144 valence electrons. The van der Waals surface area contributed by atoms with Crippen molar-refractivity contribution in [2.24, 2.45) is 0 Å². The number of carboxylic acid groups (broad SMARTS) is 1. The zero-order chi connectivity index (χ0) is 20.1. The SMILES string of the molecule is COC=C(C(=O)O)c1ccccc1COc1nc(-c2ccc(Cl)cc2)sc1C. The number of aryl methyl sites for hydroxylation is 1. The van der Waals surface area contributed by atoms with Crippen molar-refractivity contribution in [3.8, 4) is 16.5 Å². The summed E-state index contributed by atoms with van der Waals surface area (Å²) in [5.74, 6) is -0.540. The molecule has 0 spiro atoms. The lowest BCUT2D eigenvalue weighted by Gasteiger charge is -2.11. The van der Waals surface area contributed by atoms with Crippen molar-refractivity contribution < 1.29 is 19.4 Å². The molecule has 0 bridgehead atoms. The fraction of sp³-hybridized carbons (Fsp3) is 0.143. The van der Waals surface area contributed by atoms with Crippen LogP contribution in [-0.4, -0.2) is 23.2 Å². The number of ether oxygens (including phenoxy) is 2. The second-order valence-corrected chi connectivity index (χ2v) is 7.55. The number of benzene rings is 2. The third-order valence-electron chi connectivity index (χ3n) is 3.98. The number of rotatable bonds is 7. The van der Waals surface area contributed by atoms with Gasteiger partial charge < -0.3 is 14.6 Å². The summed E-state index contributed by atoms with van der Waals surface area (Å²) < 4.78 is 10.8. The van der Waals surface area contributed by atoms with Gasteiger partial charge in [0.25, 0.3) is 0 Å². The van der Waals surface area contributed by atoms with Crippen LogP contribution in [0.25, 0.3) is 16.1 Å². The predicted molar refractivity (Wildman–Crippen MR) is 111 cm³/mol. The number of nitrogens with zero attached hydrogens (tertiary/aromatic N) is 1.